The van der Waals surface area contributed by atoms with Gasteiger partial charge in [-0.3, -0.25) is 9.59 Å². The highest BCUT2D eigenvalue weighted by atomic mass is 28.3. The number of pyridine rings is 2. The Kier molecular flexibility index (Phi) is 5.87. The lowest BCUT2D eigenvalue weighted by Crippen LogP contribution is -2.61. The van der Waals surface area contributed by atoms with Crippen molar-refractivity contribution >= 4 is 30.9 Å². The second-order valence-corrected chi connectivity index (χ2v) is 15.8. The molecule has 8 nitrogen and oxygen atoms in total. The average molecular weight is 507 g/mol. The summed E-state index contributed by atoms with van der Waals surface area (Å²) in [4.78, 5) is 43.6. The van der Waals surface area contributed by atoms with Gasteiger partial charge >= 0.3 is 11.9 Å². The summed E-state index contributed by atoms with van der Waals surface area (Å²) in [6.45, 7) is 7.98. The van der Waals surface area contributed by atoms with E-state index in [1.54, 1.807) is 11.5 Å². The van der Waals surface area contributed by atoms with E-state index in [2.05, 4.69) is 24.9 Å². The molecule has 188 valence electrons. The third kappa shape index (κ3) is 3.69. The number of aromatic nitrogens is 2. The molecule has 0 bridgehead atoms. The standard InChI is InChI=1S/C27H31N3O5Si/c1-5-27(35-16(2)31)21-12-23-24-19(13-30(23)25(32)20(21)14-34-26(27)33)17(10-11-36(3,4)15-28)18-8-6-7-9-22(18)29-24/h6-9,12H,5,10-11,13-15,28H2,1-4H3/p+1/t27-/m0/s1. The van der Waals surface area contributed by atoms with E-state index in [4.69, 9.17) is 14.5 Å². The molecule has 1 aromatic carbocycles. The molecule has 0 fully saturated rings. The quantitative estimate of drug-likeness (QED) is 0.318. The molecule has 5 rings (SSSR count). The normalized spacial score (nSPS) is 18.4. The van der Waals surface area contributed by atoms with Gasteiger partial charge in [0.1, 0.15) is 14.7 Å². The lowest BCUT2D eigenvalue weighted by atomic mass is 9.85. The van der Waals surface area contributed by atoms with Crippen molar-refractivity contribution in [3.63, 3.8) is 0 Å². The van der Waals surface area contributed by atoms with Crippen LogP contribution in [-0.2, 0) is 44.2 Å². The average Bonchev–Trinajstić information content (AvgIpc) is 3.22. The molecule has 4 heterocycles. The molecule has 0 saturated heterocycles. The molecule has 0 spiro atoms. The molecule has 3 aromatic rings. The van der Waals surface area contributed by atoms with Gasteiger partial charge in [-0.05, 0) is 36.6 Å². The summed E-state index contributed by atoms with van der Waals surface area (Å²) in [6.07, 6.45) is 2.03. The number of cyclic esters (lactones) is 1. The van der Waals surface area contributed by atoms with Crippen LogP contribution in [0, 0.1) is 0 Å². The van der Waals surface area contributed by atoms with E-state index < -0.39 is 25.6 Å². The van der Waals surface area contributed by atoms with E-state index in [0.29, 0.717) is 23.4 Å². The summed E-state index contributed by atoms with van der Waals surface area (Å²) in [5.41, 5.74) is 7.60. The van der Waals surface area contributed by atoms with E-state index in [1.807, 2.05) is 24.3 Å². The fraction of sp³-hybridized carbons (Fsp3) is 0.407. The van der Waals surface area contributed by atoms with Crippen LogP contribution in [0.4, 0.5) is 0 Å². The molecule has 2 aliphatic heterocycles. The minimum absolute atomic E-state index is 0.141. The van der Waals surface area contributed by atoms with E-state index in [0.717, 1.165) is 40.8 Å². The largest absolute Gasteiger partial charge is 0.457 e. The Bertz CT molecular complexity index is 1480. The van der Waals surface area contributed by atoms with Crippen LogP contribution >= 0.6 is 0 Å². The summed E-state index contributed by atoms with van der Waals surface area (Å²) >= 11 is 0. The maximum Gasteiger partial charge on any atom is 0.355 e. The van der Waals surface area contributed by atoms with Crippen LogP contribution in [0.5, 0.6) is 0 Å². The van der Waals surface area contributed by atoms with Crippen LogP contribution in [0.3, 0.4) is 0 Å². The van der Waals surface area contributed by atoms with E-state index in [1.165, 1.54) is 12.5 Å². The first-order valence-corrected chi connectivity index (χ1v) is 15.9. The summed E-state index contributed by atoms with van der Waals surface area (Å²) in [6, 6.07) is 11.0. The molecule has 3 N–H and O–H groups in total. The van der Waals surface area contributed by atoms with Crippen molar-refractivity contribution in [1.82, 2.24) is 9.55 Å². The van der Waals surface area contributed by atoms with Crippen LogP contribution in [-0.4, -0.2) is 35.7 Å². The zero-order chi connectivity index (χ0) is 25.8. The molecule has 1 atom stereocenters. The molecular weight excluding hydrogens is 474 g/mol. The van der Waals surface area contributed by atoms with Gasteiger partial charge in [0, 0.05) is 23.4 Å². The molecule has 9 heteroatoms. The zero-order valence-electron chi connectivity index (χ0n) is 21.3. The van der Waals surface area contributed by atoms with Crippen molar-refractivity contribution in [3.05, 3.63) is 62.9 Å². The zero-order valence-corrected chi connectivity index (χ0v) is 22.3. The van der Waals surface area contributed by atoms with Crippen LogP contribution < -0.4 is 11.3 Å². The molecule has 2 aliphatic rings. The lowest BCUT2D eigenvalue weighted by molar-refractivity contribution is -0.345. The Balaban J connectivity index is 1.74. The van der Waals surface area contributed by atoms with Gasteiger partial charge in [0.15, 0.2) is 0 Å². The number of ether oxygens (including phenoxy) is 2. The van der Waals surface area contributed by atoms with E-state index in [9.17, 15) is 14.4 Å². The molecule has 0 unspecified atom stereocenters. The maximum atomic E-state index is 13.7. The predicted octanol–water partition coefficient (Wildman–Crippen LogP) is 2.68. The van der Waals surface area contributed by atoms with Crippen molar-refractivity contribution in [2.24, 2.45) is 0 Å². The Hall–Kier alpha value is -3.30. The second kappa shape index (κ2) is 8.67. The number of nitrogens with zero attached hydrogens (tertiary/aromatic N) is 2. The number of aryl methyl sites for hydroxylation is 1. The van der Waals surface area contributed by atoms with Gasteiger partial charge in [-0.15, -0.1) is 0 Å². The van der Waals surface area contributed by atoms with Gasteiger partial charge in [-0.1, -0.05) is 38.2 Å². The van der Waals surface area contributed by atoms with Crippen molar-refractivity contribution in [1.29, 1.82) is 0 Å². The first-order valence-electron chi connectivity index (χ1n) is 12.5. The van der Waals surface area contributed by atoms with Crippen LogP contribution in [0.15, 0.2) is 35.1 Å². The predicted molar refractivity (Wildman–Crippen MR) is 138 cm³/mol. The SMILES string of the molecule is CC[C@@]1(OC(C)=O)C(=O)OCc2c1cc1n(c2=O)Cc2c-1nc1ccccc1c2CC[Si](C)(C)C[NH3+]. The lowest BCUT2D eigenvalue weighted by Gasteiger charge is -2.35. The number of quaternary nitrogens is 1. The number of hydrogen-bond donors (Lipinski definition) is 1. The Morgan fingerprint density at radius 2 is 2.00 bits per heavy atom. The van der Waals surface area contributed by atoms with Crippen molar-refractivity contribution in [3.8, 4) is 11.4 Å². The van der Waals surface area contributed by atoms with Crippen molar-refractivity contribution < 1.29 is 24.8 Å². The topological polar surface area (TPSA) is 115 Å². The highest BCUT2D eigenvalue weighted by Crippen LogP contribution is 2.42. The second-order valence-electron chi connectivity index (χ2n) is 10.5. The minimum Gasteiger partial charge on any atom is -0.457 e. The fourth-order valence-electron chi connectivity index (χ4n) is 5.39. The number of fused-ring (bicyclic) bond motifs is 5. The van der Waals surface area contributed by atoms with Crippen molar-refractivity contribution in [2.75, 3.05) is 6.17 Å². The molecule has 0 saturated carbocycles. The highest BCUT2D eigenvalue weighted by molar-refractivity contribution is 6.77. The van der Waals surface area contributed by atoms with E-state index in [-0.39, 0.29) is 18.6 Å². The summed E-state index contributed by atoms with van der Waals surface area (Å²) in [7, 11) is -1.44. The van der Waals surface area contributed by atoms with Gasteiger partial charge in [0.2, 0.25) is 5.60 Å². The Labute approximate surface area is 210 Å². The highest BCUT2D eigenvalue weighted by Gasteiger charge is 2.50. The summed E-state index contributed by atoms with van der Waals surface area (Å²) in [5, 5.41) is 1.11. The first kappa shape index (κ1) is 24.4. The molecule has 2 aromatic heterocycles. The number of rotatable bonds is 6. The third-order valence-electron chi connectivity index (χ3n) is 7.73. The molecule has 0 radical (unpaired) electrons. The Morgan fingerprint density at radius 3 is 2.69 bits per heavy atom. The summed E-state index contributed by atoms with van der Waals surface area (Å²) < 4.78 is 12.6. The van der Waals surface area contributed by atoms with Gasteiger partial charge in [0.25, 0.3) is 5.56 Å². The minimum atomic E-state index is -1.64. The number of benzene rings is 1. The molecular formula is C27H32N3O5Si+. The number of hydrogen-bond acceptors (Lipinski definition) is 6. The van der Waals surface area contributed by atoms with Crippen LogP contribution in [0.25, 0.3) is 22.3 Å². The van der Waals surface area contributed by atoms with Gasteiger partial charge in [-0.25, -0.2) is 9.78 Å². The molecule has 0 aliphatic carbocycles. The molecule has 36 heavy (non-hydrogen) atoms. The van der Waals surface area contributed by atoms with Gasteiger partial charge < -0.3 is 19.8 Å². The van der Waals surface area contributed by atoms with Crippen LogP contribution in [0.1, 0.15) is 42.5 Å². The van der Waals surface area contributed by atoms with Gasteiger partial charge in [-0.2, -0.15) is 0 Å². The number of carbonyl (C=O) groups excluding carboxylic acids is 2. The van der Waals surface area contributed by atoms with E-state index >= 15 is 0 Å². The number of para-hydroxylation sites is 1. The summed E-state index contributed by atoms with van der Waals surface area (Å²) in [5.74, 6) is -1.26. The third-order valence-corrected chi connectivity index (χ3v) is 10.7. The fourth-order valence-corrected chi connectivity index (χ4v) is 6.57. The van der Waals surface area contributed by atoms with Crippen LogP contribution in [0.2, 0.25) is 19.1 Å². The maximum absolute atomic E-state index is 13.7. The smallest absolute Gasteiger partial charge is 0.355 e. The van der Waals surface area contributed by atoms with Crippen molar-refractivity contribution in [2.45, 2.75) is 64.6 Å². The first-order chi connectivity index (χ1) is 17.1. The Morgan fingerprint density at radius 1 is 1.25 bits per heavy atom. The monoisotopic (exact) mass is 506 g/mol. The molecule has 0 amide bonds. The number of esters is 2. The number of carbonyl (C=O) groups is 2. The van der Waals surface area contributed by atoms with Gasteiger partial charge in [0.05, 0.1) is 35.2 Å².